The molecule has 1 aromatic heterocycles. The first kappa shape index (κ1) is 21.4. The maximum Gasteiger partial charge on any atom is 0.414 e. The fraction of sp³-hybridized carbons (Fsp3) is 0.368. The van der Waals surface area contributed by atoms with Gasteiger partial charge in [0.15, 0.2) is 0 Å². The summed E-state index contributed by atoms with van der Waals surface area (Å²) < 4.78 is 58.6. The minimum absolute atomic E-state index is 0.110. The van der Waals surface area contributed by atoms with Crippen molar-refractivity contribution in [3.63, 3.8) is 0 Å². The highest BCUT2D eigenvalue weighted by Crippen LogP contribution is 2.25. The normalized spacial score (nSPS) is 20.2. The van der Waals surface area contributed by atoms with Crippen molar-refractivity contribution in [1.82, 2.24) is 9.29 Å². The van der Waals surface area contributed by atoms with Crippen LogP contribution in [0, 0.1) is 11.6 Å². The van der Waals surface area contributed by atoms with Crippen LogP contribution < -0.4 is 9.80 Å². The van der Waals surface area contributed by atoms with Gasteiger partial charge in [0, 0.05) is 32.2 Å². The van der Waals surface area contributed by atoms with E-state index in [9.17, 15) is 22.0 Å². The fourth-order valence-electron chi connectivity index (χ4n) is 3.53. The van der Waals surface area contributed by atoms with Gasteiger partial charge in [-0.25, -0.2) is 27.0 Å². The predicted molar refractivity (Wildman–Crippen MR) is 106 cm³/mol. The van der Waals surface area contributed by atoms with Gasteiger partial charge in [-0.05, 0) is 24.3 Å². The van der Waals surface area contributed by atoms with Crippen LogP contribution in [0.4, 0.5) is 25.1 Å². The number of sulfonamides is 1. The van der Waals surface area contributed by atoms with Crippen molar-refractivity contribution in [2.45, 2.75) is 11.0 Å². The Hall–Kier alpha value is -2.83. The molecular weight excluding hydrogens is 434 g/mol. The molecule has 2 fully saturated rings. The Morgan fingerprint density at radius 1 is 1.13 bits per heavy atom. The summed E-state index contributed by atoms with van der Waals surface area (Å²) in [5, 5.41) is 9.13. The van der Waals surface area contributed by atoms with E-state index in [1.54, 1.807) is 12.1 Å². The number of anilines is 2. The number of hydrogen-bond donors (Lipinski definition) is 1. The van der Waals surface area contributed by atoms with E-state index in [0.29, 0.717) is 30.7 Å². The fourth-order valence-corrected chi connectivity index (χ4v) is 5.00. The van der Waals surface area contributed by atoms with E-state index in [1.807, 2.05) is 4.90 Å². The van der Waals surface area contributed by atoms with Gasteiger partial charge in [-0.1, -0.05) is 0 Å². The Morgan fingerprint density at radius 3 is 2.45 bits per heavy atom. The summed E-state index contributed by atoms with van der Waals surface area (Å²) in [5.74, 6) is -1.37. The number of rotatable bonds is 5. The highest BCUT2D eigenvalue weighted by atomic mass is 32.2. The molecule has 4 rings (SSSR count). The number of aromatic nitrogens is 1. The minimum Gasteiger partial charge on any atom is -0.441 e. The third kappa shape index (κ3) is 4.18. The third-order valence-electron chi connectivity index (χ3n) is 5.20. The van der Waals surface area contributed by atoms with Crippen LogP contribution >= 0.6 is 0 Å². The number of carbonyl (C=O) groups is 1. The quantitative estimate of drug-likeness (QED) is 0.724. The number of halogens is 2. The van der Waals surface area contributed by atoms with Crippen molar-refractivity contribution >= 4 is 27.6 Å². The molecule has 9 nitrogen and oxygen atoms in total. The molecule has 0 bridgehead atoms. The molecule has 2 aliphatic heterocycles. The van der Waals surface area contributed by atoms with Crippen LogP contribution in [0.2, 0.25) is 0 Å². The number of pyridine rings is 1. The number of amides is 1. The average Bonchev–Trinajstić information content (AvgIpc) is 3.14. The number of benzene rings is 1. The molecule has 1 N–H and O–H groups in total. The second kappa shape index (κ2) is 8.36. The first-order valence-corrected chi connectivity index (χ1v) is 11.0. The van der Waals surface area contributed by atoms with Crippen LogP contribution in [-0.2, 0) is 14.8 Å². The molecule has 166 valence electrons. The highest BCUT2D eigenvalue weighted by molar-refractivity contribution is 7.89. The SMILES string of the molecule is O=C1OC(CO)CN1c1ccc(N2CCN(S(=O)(=O)c3ccc(F)cc3F)CC2)nc1. The van der Waals surface area contributed by atoms with Crippen molar-refractivity contribution in [3.05, 3.63) is 48.2 Å². The lowest BCUT2D eigenvalue weighted by molar-refractivity contribution is 0.0963. The summed E-state index contributed by atoms with van der Waals surface area (Å²) in [6.45, 7) is 0.841. The Morgan fingerprint density at radius 2 is 1.87 bits per heavy atom. The molecule has 0 radical (unpaired) electrons. The molecule has 1 aromatic carbocycles. The summed E-state index contributed by atoms with van der Waals surface area (Å²) in [5.41, 5.74) is 0.526. The van der Waals surface area contributed by atoms with Gasteiger partial charge in [-0.3, -0.25) is 4.90 Å². The maximum atomic E-state index is 14.0. The number of hydrogen-bond acceptors (Lipinski definition) is 7. The van der Waals surface area contributed by atoms with Crippen LogP contribution in [0.25, 0.3) is 0 Å². The van der Waals surface area contributed by atoms with Gasteiger partial charge in [-0.2, -0.15) is 4.31 Å². The van der Waals surface area contributed by atoms with E-state index < -0.39 is 38.8 Å². The summed E-state index contributed by atoms with van der Waals surface area (Å²) in [6, 6.07) is 5.79. The molecule has 31 heavy (non-hydrogen) atoms. The first-order valence-electron chi connectivity index (χ1n) is 9.55. The van der Waals surface area contributed by atoms with Crippen LogP contribution in [0.3, 0.4) is 0 Å². The lowest BCUT2D eigenvalue weighted by Crippen LogP contribution is -2.49. The van der Waals surface area contributed by atoms with Gasteiger partial charge >= 0.3 is 6.09 Å². The van der Waals surface area contributed by atoms with Gasteiger partial charge in [0.25, 0.3) is 0 Å². The zero-order valence-electron chi connectivity index (χ0n) is 16.3. The summed E-state index contributed by atoms with van der Waals surface area (Å²) >= 11 is 0. The zero-order chi connectivity index (χ0) is 22.2. The molecule has 0 spiro atoms. The van der Waals surface area contributed by atoms with Crippen LogP contribution in [0.5, 0.6) is 0 Å². The largest absolute Gasteiger partial charge is 0.441 e. The van der Waals surface area contributed by atoms with Gasteiger partial charge < -0.3 is 14.7 Å². The standard InChI is InChI=1S/C19H20F2N4O5S/c20-13-1-3-17(16(21)9-13)31(28,29)24-7-5-23(6-8-24)18-4-2-14(10-22-18)25-11-15(12-26)30-19(25)27/h1-4,9-10,15,26H,5-8,11-12H2. The van der Waals surface area contributed by atoms with Crippen molar-refractivity contribution < 1.29 is 31.8 Å². The summed E-state index contributed by atoms with van der Waals surface area (Å²) in [4.78, 5) is 18.9. The Bertz CT molecular complexity index is 1080. The number of piperazine rings is 1. The lowest BCUT2D eigenvalue weighted by atomic mass is 10.3. The molecule has 2 aliphatic rings. The Kier molecular flexibility index (Phi) is 5.77. The lowest BCUT2D eigenvalue weighted by Gasteiger charge is -2.34. The van der Waals surface area contributed by atoms with Crippen LogP contribution in [0.1, 0.15) is 0 Å². The molecule has 3 heterocycles. The van der Waals surface area contributed by atoms with Crippen molar-refractivity contribution in [2.24, 2.45) is 0 Å². The van der Waals surface area contributed by atoms with Crippen molar-refractivity contribution in [2.75, 3.05) is 49.1 Å². The first-order chi connectivity index (χ1) is 14.8. The van der Waals surface area contributed by atoms with Crippen molar-refractivity contribution in [1.29, 1.82) is 0 Å². The maximum absolute atomic E-state index is 14.0. The van der Waals surface area contributed by atoms with E-state index in [4.69, 9.17) is 9.84 Å². The summed E-state index contributed by atoms with van der Waals surface area (Å²) in [7, 11) is -4.08. The zero-order valence-corrected chi connectivity index (χ0v) is 17.1. The molecule has 1 atom stereocenters. The smallest absolute Gasteiger partial charge is 0.414 e. The van der Waals surface area contributed by atoms with E-state index in [2.05, 4.69) is 4.98 Å². The highest BCUT2D eigenvalue weighted by Gasteiger charge is 2.33. The summed E-state index contributed by atoms with van der Waals surface area (Å²) in [6.07, 6.45) is 0.376. The van der Waals surface area contributed by atoms with E-state index in [-0.39, 0.29) is 26.2 Å². The molecule has 0 saturated carbocycles. The Balaban J connectivity index is 1.41. The molecule has 2 saturated heterocycles. The van der Waals surface area contributed by atoms with Gasteiger partial charge in [0.05, 0.1) is 25.0 Å². The molecular formula is C19H20F2N4O5S. The minimum atomic E-state index is -4.08. The van der Waals surface area contributed by atoms with Crippen LogP contribution in [-0.4, -0.2) is 74.3 Å². The third-order valence-corrected chi connectivity index (χ3v) is 7.13. The van der Waals surface area contributed by atoms with Crippen molar-refractivity contribution in [3.8, 4) is 0 Å². The second-order valence-corrected chi connectivity index (χ2v) is 9.05. The monoisotopic (exact) mass is 454 g/mol. The number of nitrogens with zero attached hydrogens (tertiary/aromatic N) is 4. The number of cyclic esters (lactones) is 1. The van der Waals surface area contributed by atoms with E-state index in [1.165, 1.54) is 11.1 Å². The number of carbonyl (C=O) groups excluding carboxylic acids is 1. The topological polar surface area (TPSA) is 103 Å². The molecule has 12 heteroatoms. The molecule has 0 aliphatic carbocycles. The number of ether oxygens (including phenoxy) is 1. The van der Waals surface area contributed by atoms with E-state index >= 15 is 0 Å². The second-order valence-electron chi connectivity index (χ2n) is 7.14. The molecule has 1 amide bonds. The number of aliphatic hydroxyl groups excluding tert-OH is 1. The van der Waals surface area contributed by atoms with Gasteiger partial charge in [0.2, 0.25) is 10.0 Å². The predicted octanol–water partition coefficient (Wildman–Crippen LogP) is 1.19. The van der Waals surface area contributed by atoms with E-state index in [0.717, 1.165) is 16.4 Å². The molecule has 1 unspecified atom stereocenters. The van der Waals surface area contributed by atoms with Gasteiger partial charge in [-0.15, -0.1) is 0 Å². The van der Waals surface area contributed by atoms with Crippen LogP contribution in [0.15, 0.2) is 41.4 Å². The molecule has 2 aromatic rings. The number of aliphatic hydroxyl groups is 1. The van der Waals surface area contributed by atoms with Gasteiger partial charge in [0.1, 0.15) is 28.5 Å². The Labute approximate surface area is 177 Å². The average molecular weight is 454 g/mol.